The Hall–Kier alpha value is -2.07. The van der Waals surface area contributed by atoms with Crippen LogP contribution in [0.25, 0.3) is 0 Å². The van der Waals surface area contributed by atoms with Gasteiger partial charge in [0.1, 0.15) is 11.6 Å². The second-order valence-electron chi connectivity index (χ2n) is 10.8. The first-order valence-corrected chi connectivity index (χ1v) is 11.4. The van der Waals surface area contributed by atoms with Gasteiger partial charge in [-0.3, -0.25) is 9.48 Å². The van der Waals surface area contributed by atoms with Crippen LogP contribution in [0.3, 0.4) is 0 Å². The minimum absolute atomic E-state index is 0.104. The molecule has 1 atom stereocenters. The van der Waals surface area contributed by atoms with Crippen LogP contribution in [0.2, 0.25) is 0 Å². The van der Waals surface area contributed by atoms with E-state index in [1.54, 1.807) is 38.8 Å². The van der Waals surface area contributed by atoms with E-state index >= 15 is 0 Å². The Morgan fingerprint density at radius 1 is 1.19 bits per heavy atom. The smallest absolute Gasteiger partial charge is 0.444 e. The molecule has 2 aliphatic rings. The molecule has 10 heteroatoms. The summed E-state index contributed by atoms with van der Waals surface area (Å²) in [4.78, 5) is 26.5. The molecule has 0 unspecified atom stereocenters. The lowest BCUT2D eigenvalue weighted by molar-refractivity contribution is -0.134. The molecule has 1 aromatic rings. The highest BCUT2D eigenvalue weighted by Crippen LogP contribution is 2.36. The van der Waals surface area contributed by atoms with Crippen molar-refractivity contribution in [2.75, 3.05) is 13.1 Å². The summed E-state index contributed by atoms with van der Waals surface area (Å²) < 4.78 is 19.4. The molecule has 0 spiro atoms. The molecule has 2 saturated heterocycles. The highest BCUT2D eigenvalue weighted by molar-refractivity contribution is 6.62. The van der Waals surface area contributed by atoms with Gasteiger partial charge < -0.3 is 24.3 Å². The highest BCUT2D eigenvalue weighted by Gasteiger charge is 2.52. The molecule has 0 aromatic carbocycles. The number of nitrogens with one attached hydrogen (secondary N) is 1. The second-order valence-corrected chi connectivity index (χ2v) is 10.8. The maximum absolute atomic E-state index is 12.7. The van der Waals surface area contributed by atoms with Crippen molar-refractivity contribution < 1.29 is 23.6 Å². The largest absolute Gasteiger partial charge is 0.498 e. The molecule has 32 heavy (non-hydrogen) atoms. The fourth-order valence-corrected chi connectivity index (χ4v) is 3.82. The number of nitrogens with zero attached hydrogens (tertiary/aromatic N) is 3. The number of rotatable bonds is 4. The molecule has 1 aromatic heterocycles. The van der Waals surface area contributed by atoms with E-state index in [0.717, 1.165) is 18.3 Å². The fraction of sp³-hybridized carbons (Fsp3) is 0.773. The summed E-state index contributed by atoms with van der Waals surface area (Å²) in [5.74, 6) is -0.104. The maximum atomic E-state index is 12.7. The van der Waals surface area contributed by atoms with Gasteiger partial charge in [-0.2, -0.15) is 5.10 Å². The third-order valence-corrected chi connectivity index (χ3v) is 6.40. The number of likely N-dealkylation sites (tertiary alicyclic amines) is 1. The number of hydrogen-bond acceptors (Lipinski definition) is 6. The Bertz CT molecular complexity index is 824. The van der Waals surface area contributed by atoms with Crippen LogP contribution in [0, 0.1) is 0 Å². The van der Waals surface area contributed by atoms with Gasteiger partial charge in [-0.1, -0.05) is 0 Å². The fourth-order valence-electron chi connectivity index (χ4n) is 3.82. The predicted molar refractivity (Wildman–Crippen MR) is 122 cm³/mol. The van der Waals surface area contributed by atoms with Crippen molar-refractivity contribution in [2.24, 2.45) is 0 Å². The van der Waals surface area contributed by atoms with Gasteiger partial charge in [0.15, 0.2) is 0 Å². The van der Waals surface area contributed by atoms with Gasteiger partial charge in [-0.15, -0.1) is 0 Å². The van der Waals surface area contributed by atoms with Crippen LogP contribution in [-0.4, -0.2) is 69.7 Å². The van der Waals surface area contributed by atoms with Crippen LogP contribution >= 0.6 is 0 Å². The van der Waals surface area contributed by atoms with Crippen molar-refractivity contribution in [3.05, 3.63) is 12.4 Å². The van der Waals surface area contributed by atoms with Crippen molar-refractivity contribution >= 4 is 24.6 Å². The lowest BCUT2D eigenvalue weighted by Gasteiger charge is -2.34. The number of amides is 2. The van der Waals surface area contributed by atoms with Crippen LogP contribution < -0.4 is 10.8 Å². The van der Waals surface area contributed by atoms with E-state index in [1.165, 1.54) is 0 Å². The molecule has 2 fully saturated rings. The Labute approximate surface area is 191 Å². The van der Waals surface area contributed by atoms with E-state index in [9.17, 15) is 9.59 Å². The number of ether oxygens (including phenoxy) is 1. The second kappa shape index (κ2) is 8.70. The normalized spacial score (nSPS) is 22.0. The molecule has 0 bridgehead atoms. The summed E-state index contributed by atoms with van der Waals surface area (Å²) in [6.07, 6.45) is 4.77. The highest BCUT2D eigenvalue weighted by atomic mass is 16.7. The summed E-state index contributed by atoms with van der Waals surface area (Å²) in [6, 6.07) is -0.439. The van der Waals surface area contributed by atoms with Crippen LogP contribution in [0.4, 0.5) is 4.79 Å². The van der Waals surface area contributed by atoms with E-state index in [1.807, 2.05) is 38.6 Å². The minimum Gasteiger partial charge on any atom is -0.444 e. The Balaban J connectivity index is 1.52. The molecule has 3 rings (SSSR count). The third kappa shape index (κ3) is 5.46. The van der Waals surface area contributed by atoms with Gasteiger partial charge in [0, 0.05) is 30.9 Å². The van der Waals surface area contributed by atoms with Gasteiger partial charge in [-0.05, 0) is 68.2 Å². The summed E-state index contributed by atoms with van der Waals surface area (Å²) in [7, 11) is -0.435. The van der Waals surface area contributed by atoms with Crippen molar-refractivity contribution in [3.8, 4) is 0 Å². The lowest BCUT2D eigenvalue weighted by atomic mass is 9.82. The van der Waals surface area contributed by atoms with Gasteiger partial charge >= 0.3 is 13.2 Å². The molecule has 0 radical (unpaired) electrons. The zero-order valence-electron chi connectivity index (χ0n) is 20.6. The number of piperidine rings is 1. The number of alkyl carbamates (subject to hydrolysis) is 1. The molecular formula is C22H37BN4O5. The average Bonchev–Trinajstić information content (AvgIpc) is 3.22. The molecular weight excluding hydrogens is 411 g/mol. The molecule has 1 N–H and O–H groups in total. The van der Waals surface area contributed by atoms with Crippen LogP contribution in [0.15, 0.2) is 12.4 Å². The number of hydrogen-bond donors (Lipinski definition) is 1. The number of carbonyl (C=O) groups is 2. The van der Waals surface area contributed by atoms with Gasteiger partial charge in [0.05, 0.1) is 17.2 Å². The molecule has 2 amide bonds. The monoisotopic (exact) mass is 448 g/mol. The minimum atomic E-state index is -0.638. The summed E-state index contributed by atoms with van der Waals surface area (Å²) in [6.45, 7) is 16.4. The van der Waals surface area contributed by atoms with Crippen LogP contribution in [0.5, 0.6) is 0 Å². The van der Waals surface area contributed by atoms with Gasteiger partial charge in [-0.25, -0.2) is 4.79 Å². The Morgan fingerprint density at radius 3 is 2.28 bits per heavy atom. The first kappa shape index (κ1) is 24.6. The molecule has 0 saturated carbocycles. The van der Waals surface area contributed by atoms with Gasteiger partial charge in [0.2, 0.25) is 5.91 Å². The SMILES string of the molecule is C[C@@H](NC(=O)OC(C)(C)C)C(=O)N1CCC(n2cc(B3OC(C)(C)C(C)(C)O3)cn2)CC1. The average molecular weight is 448 g/mol. The first-order chi connectivity index (χ1) is 14.7. The van der Waals surface area contributed by atoms with Crippen LogP contribution in [-0.2, 0) is 18.8 Å². The van der Waals surface area contributed by atoms with E-state index < -0.39 is 36.1 Å². The molecule has 3 heterocycles. The number of aromatic nitrogens is 2. The zero-order chi connectivity index (χ0) is 23.9. The topological polar surface area (TPSA) is 94.9 Å². The Kier molecular flexibility index (Phi) is 6.68. The lowest BCUT2D eigenvalue weighted by Crippen LogP contribution is -2.50. The summed E-state index contributed by atoms with van der Waals surface area (Å²) in [5.41, 5.74) is -0.490. The first-order valence-electron chi connectivity index (χ1n) is 11.4. The molecule has 2 aliphatic heterocycles. The van der Waals surface area contributed by atoms with Crippen LogP contribution in [0.1, 0.15) is 74.3 Å². The zero-order valence-corrected chi connectivity index (χ0v) is 20.6. The predicted octanol–water partition coefficient (Wildman–Crippen LogP) is 2.26. The van der Waals surface area contributed by atoms with Crippen molar-refractivity contribution in [2.45, 2.75) is 97.1 Å². The third-order valence-electron chi connectivity index (χ3n) is 6.40. The van der Waals surface area contributed by atoms with Gasteiger partial charge in [0.25, 0.3) is 0 Å². The number of carbonyl (C=O) groups excluding carboxylic acids is 2. The Morgan fingerprint density at radius 2 is 1.75 bits per heavy atom. The van der Waals surface area contributed by atoms with E-state index in [-0.39, 0.29) is 11.9 Å². The maximum Gasteiger partial charge on any atom is 0.498 e. The van der Waals surface area contributed by atoms with E-state index in [2.05, 4.69) is 10.4 Å². The summed E-state index contributed by atoms with van der Waals surface area (Å²) in [5, 5.41) is 7.16. The molecule has 0 aliphatic carbocycles. The van der Waals surface area contributed by atoms with Crippen molar-refractivity contribution in [1.82, 2.24) is 20.0 Å². The van der Waals surface area contributed by atoms with E-state index in [4.69, 9.17) is 14.0 Å². The molecule has 178 valence electrons. The molecule has 9 nitrogen and oxygen atoms in total. The standard InChI is InChI=1S/C22H37BN4O5/c1-15(25-19(29)30-20(2,3)4)18(28)26-11-9-17(10-12-26)27-14-16(13-24-27)23-31-21(5,6)22(7,8)32-23/h13-15,17H,9-12H2,1-8H3,(H,25,29)/t15-/m1/s1. The summed E-state index contributed by atoms with van der Waals surface area (Å²) >= 11 is 0. The quantitative estimate of drug-likeness (QED) is 0.711. The van der Waals surface area contributed by atoms with E-state index in [0.29, 0.717) is 13.1 Å². The van der Waals surface area contributed by atoms with Crippen molar-refractivity contribution in [1.29, 1.82) is 0 Å². The van der Waals surface area contributed by atoms with Crippen molar-refractivity contribution in [3.63, 3.8) is 0 Å².